The number of amides is 1. The van der Waals surface area contributed by atoms with Crippen molar-refractivity contribution in [3.8, 4) is 17.2 Å². The normalized spacial score (nSPS) is 27.2. The van der Waals surface area contributed by atoms with E-state index >= 15 is 0 Å². The van der Waals surface area contributed by atoms with Gasteiger partial charge < -0.3 is 10.6 Å². The second-order valence-corrected chi connectivity index (χ2v) is 11.4. The highest BCUT2D eigenvalue weighted by Crippen LogP contribution is 2.44. The van der Waals surface area contributed by atoms with Gasteiger partial charge in [-0.15, -0.1) is 0 Å². The molecule has 2 bridgehead atoms. The Morgan fingerprint density at radius 2 is 1.85 bits per heavy atom. The Hall–Kier alpha value is -2.76. The highest BCUT2D eigenvalue weighted by Gasteiger charge is 2.51. The number of fused-ring (bicyclic) bond motifs is 2. The summed E-state index contributed by atoms with van der Waals surface area (Å²) in [4.78, 5) is 13.0. The largest absolute Gasteiger partial charge is 0.339 e. The maximum absolute atomic E-state index is 14.8. The molecule has 33 heavy (non-hydrogen) atoms. The second-order valence-electron chi connectivity index (χ2n) is 9.37. The minimum atomic E-state index is -3.30. The van der Waals surface area contributed by atoms with Crippen LogP contribution in [0.4, 0.5) is 4.39 Å². The van der Waals surface area contributed by atoms with Gasteiger partial charge in [0.2, 0.25) is 5.91 Å². The van der Waals surface area contributed by atoms with E-state index in [9.17, 15) is 22.9 Å². The fourth-order valence-electron chi connectivity index (χ4n) is 5.16. The van der Waals surface area contributed by atoms with Gasteiger partial charge in [-0.3, -0.25) is 4.79 Å². The highest BCUT2D eigenvalue weighted by atomic mass is 32.2. The van der Waals surface area contributed by atoms with Crippen LogP contribution in [-0.2, 0) is 21.1 Å². The summed E-state index contributed by atoms with van der Waals surface area (Å²) in [5.74, 6) is 0.560. The second kappa shape index (κ2) is 8.88. The maximum atomic E-state index is 14.8. The lowest BCUT2D eigenvalue weighted by Gasteiger charge is -2.32. The van der Waals surface area contributed by atoms with Gasteiger partial charge in [0.05, 0.1) is 17.0 Å². The van der Waals surface area contributed by atoms with E-state index in [1.165, 1.54) is 18.2 Å². The van der Waals surface area contributed by atoms with Gasteiger partial charge in [-0.1, -0.05) is 38.1 Å². The number of sulfone groups is 1. The third kappa shape index (κ3) is 4.66. The van der Waals surface area contributed by atoms with Gasteiger partial charge in [-0.2, -0.15) is 5.26 Å². The average Bonchev–Trinajstić information content (AvgIpc) is 3.34. The molecule has 4 rings (SSSR count). The molecule has 1 heterocycles. The number of rotatable bonds is 6. The van der Waals surface area contributed by atoms with Crippen molar-refractivity contribution < 1.29 is 17.6 Å². The van der Waals surface area contributed by atoms with E-state index in [1.54, 1.807) is 24.3 Å². The first-order valence-electron chi connectivity index (χ1n) is 11.1. The SMILES string of the molecule is C[C@@H]1[C@H](C)[C@@H]2C[C@@H]1[C@@H](C(=O)N[C@H](C#N)Cc1ccc(-c3ccc(S(C)(=O)=O)cc3)cc1F)N2. The average molecular weight is 470 g/mol. The van der Waals surface area contributed by atoms with Crippen molar-refractivity contribution in [1.29, 1.82) is 5.26 Å². The number of nitrogens with one attached hydrogen (secondary N) is 2. The molecule has 1 saturated heterocycles. The van der Waals surface area contributed by atoms with E-state index < -0.39 is 21.7 Å². The van der Waals surface area contributed by atoms with Crippen LogP contribution in [0.25, 0.3) is 11.1 Å². The molecule has 2 aromatic carbocycles. The fourth-order valence-corrected chi connectivity index (χ4v) is 5.79. The zero-order valence-corrected chi connectivity index (χ0v) is 19.7. The molecule has 6 atom stereocenters. The molecule has 1 amide bonds. The number of hydrogen-bond donors (Lipinski definition) is 2. The summed E-state index contributed by atoms with van der Waals surface area (Å²) < 4.78 is 38.1. The van der Waals surface area contributed by atoms with Crippen LogP contribution in [-0.4, -0.2) is 38.7 Å². The lowest BCUT2D eigenvalue weighted by Crippen LogP contribution is -2.54. The third-order valence-electron chi connectivity index (χ3n) is 7.33. The van der Waals surface area contributed by atoms with Crippen LogP contribution in [0.3, 0.4) is 0 Å². The highest BCUT2D eigenvalue weighted by molar-refractivity contribution is 7.90. The molecule has 174 valence electrons. The molecule has 0 spiro atoms. The minimum Gasteiger partial charge on any atom is -0.339 e. The zero-order chi connectivity index (χ0) is 23.9. The van der Waals surface area contributed by atoms with E-state index in [0.717, 1.165) is 12.7 Å². The molecule has 1 aliphatic heterocycles. The first-order valence-corrected chi connectivity index (χ1v) is 13.0. The van der Waals surface area contributed by atoms with Crippen LogP contribution in [0.5, 0.6) is 0 Å². The van der Waals surface area contributed by atoms with Crippen molar-refractivity contribution in [2.75, 3.05) is 6.26 Å². The van der Waals surface area contributed by atoms with Gasteiger partial charge in [-0.05, 0) is 59.1 Å². The predicted molar refractivity (Wildman–Crippen MR) is 123 cm³/mol. The zero-order valence-electron chi connectivity index (χ0n) is 18.9. The topological polar surface area (TPSA) is 99.1 Å². The molecular weight excluding hydrogens is 441 g/mol. The van der Waals surface area contributed by atoms with Crippen molar-refractivity contribution in [3.05, 3.63) is 53.8 Å². The number of halogens is 1. The van der Waals surface area contributed by atoms with Gasteiger partial charge in [0, 0.05) is 18.7 Å². The van der Waals surface area contributed by atoms with Crippen LogP contribution < -0.4 is 10.6 Å². The van der Waals surface area contributed by atoms with Crippen molar-refractivity contribution in [2.24, 2.45) is 17.8 Å². The van der Waals surface area contributed by atoms with Gasteiger partial charge in [-0.25, -0.2) is 12.8 Å². The van der Waals surface area contributed by atoms with E-state index in [2.05, 4.69) is 30.6 Å². The Labute approximate surface area is 194 Å². The Bertz CT molecular complexity index is 1200. The molecule has 2 fully saturated rings. The van der Waals surface area contributed by atoms with Gasteiger partial charge in [0.1, 0.15) is 11.9 Å². The summed E-state index contributed by atoms with van der Waals surface area (Å²) in [7, 11) is -3.30. The molecule has 0 aromatic heterocycles. The Balaban J connectivity index is 1.43. The third-order valence-corrected chi connectivity index (χ3v) is 8.46. The summed E-state index contributed by atoms with van der Waals surface area (Å²) in [5, 5.41) is 15.7. The summed E-state index contributed by atoms with van der Waals surface area (Å²) in [5.41, 5.74) is 1.62. The minimum absolute atomic E-state index is 0.0636. The fraction of sp³-hybridized carbons (Fsp3) is 0.440. The number of nitriles is 1. The van der Waals surface area contributed by atoms with Gasteiger partial charge >= 0.3 is 0 Å². The lowest BCUT2D eigenvalue weighted by molar-refractivity contribution is -0.125. The molecule has 1 aliphatic carbocycles. The smallest absolute Gasteiger partial charge is 0.238 e. The molecule has 6 nitrogen and oxygen atoms in total. The van der Waals surface area contributed by atoms with Crippen LogP contribution in [0, 0.1) is 34.9 Å². The summed E-state index contributed by atoms with van der Waals surface area (Å²) in [6.07, 6.45) is 2.17. The Kier molecular flexibility index (Phi) is 6.30. The molecule has 2 aliphatic rings. The number of carbonyl (C=O) groups excluding carboxylic acids is 1. The number of benzene rings is 2. The van der Waals surface area contributed by atoms with Crippen LogP contribution >= 0.6 is 0 Å². The van der Waals surface area contributed by atoms with E-state index in [4.69, 9.17) is 0 Å². The summed E-state index contributed by atoms with van der Waals surface area (Å²) >= 11 is 0. The number of carbonyl (C=O) groups is 1. The van der Waals surface area contributed by atoms with Crippen molar-refractivity contribution >= 4 is 15.7 Å². The van der Waals surface area contributed by atoms with Gasteiger partial charge in [0.25, 0.3) is 0 Å². The van der Waals surface area contributed by atoms with Crippen LogP contribution in [0.15, 0.2) is 47.4 Å². The van der Waals surface area contributed by atoms with Crippen LogP contribution in [0.2, 0.25) is 0 Å². The summed E-state index contributed by atoms with van der Waals surface area (Å²) in [6, 6.07) is 12.2. The van der Waals surface area contributed by atoms with Crippen molar-refractivity contribution in [1.82, 2.24) is 10.6 Å². The standard InChI is InChI=1S/C25H28FN3O3S/c1-14-15(2)23-12-21(14)24(29-23)25(30)28-19(13-27)10-18-5-4-17(11-22(18)26)16-6-8-20(9-7-16)33(3,31)32/h4-9,11,14-15,19,21,23-24,29H,10,12H2,1-3H3,(H,28,30)/t14-,15+,19+,21+,23+,24+/m1/s1. The summed E-state index contributed by atoms with van der Waals surface area (Å²) in [6.45, 7) is 4.37. The van der Waals surface area contributed by atoms with E-state index in [-0.39, 0.29) is 29.2 Å². The first kappa shape index (κ1) is 23.4. The number of hydrogen-bond acceptors (Lipinski definition) is 5. The molecular formula is C25H28FN3O3S. The Morgan fingerprint density at radius 1 is 1.18 bits per heavy atom. The number of piperidine rings is 1. The molecule has 2 N–H and O–H groups in total. The molecule has 1 saturated carbocycles. The van der Waals surface area contributed by atoms with Crippen molar-refractivity contribution in [3.63, 3.8) is 0 Å². The van der Waals surface area contributed by atoms with Crippen LogP contribution in [0.1, 0.15) is 25.8 Å². The van der Waals surface area contributed by atoms with Gasteiger partial charge in [0.15, 0.2) is 9.84 Å². The molecule has 8 heteroatoms. The molecule has 0 unspecified atom stereocenters. The van der Waals surface area contributed by atoms with E-state index in [1.807, 2.05) is 0 Å². The predicted octanol–water partition coefficient (Wildman–Crippen LogP) is 3.08. The van der Waals surface area contributed by atoms with Crippen molar-refractivity contribution in [2.45, 2.75) is 49.7 Å². The molecule has 2 aromatic rings. The Morgan fingerprint density at radius 3 is 2.39 bits per heavy atom. The van der Waals surface area contributed by atoms with E-state index in [0.29, 0.717) is 34.6 Å². The maximum Gasteiger partial charge on any atom is 0.238 e. The first-order chi connectivity index (χ1) is 15.6. The molecule has 0 radical (unpaired) electrons. The quantitative estimate of drug-likeness (QED) is 0.677. The number of nitrogens with zero attached hydrogens (tertiary/aromatic N) is 1. The lowest BCUT2D eigenvalue weighted by atomic mass is 9.84. The monoisotopic (exact) mass is 469 g/mol.